The lowest BCUT2D eigenvalue weighted by Crippen LogP contribution is -2.19. The van der Waals surface area contributed by atoms with E-state index in [4.69, 9.17) is 4.74 Å². The fourth-order valence-corrected chi connectivity index (χ4v) is 1.46. The number of hydrogen-bond donors (Lipinski definition) is 2. The molecule has 0 spiro atoms. The van der Waals surface area contributed by atoms with E-state index in [-0.39, 0.29) is 17.7 Å². The highest BCUT2D eigenvalue weighted by atomic mass is 19.1. The van der Waals surface area contributed by atoms with Gasteiger partial charge in [-0.3, -0.25) is 0 Å². The van der Waals surface area contributed by atoms with E-state index in [1.165, 1.54) is 0 Å². The van der Waals surface area contributed by atoms with Crippen molar-refractivity contribution in [3.63, 3.8) is 0 Å². The zero-order chi connectivity index (χ0) is 13.5. The van der Waals surface area contributed by atoms with Crippen LogP contribution in [0, 0.1) is 11.6 Å². The molecule has 18 heavy (non-hydrogen) atoms. The van der Waals surface area contributed by atoms with Crippen LogP contribution in [0.3, 0.4) is 0 Å². The Morgan fingerprint density at radius 2 is 2.00 bits per heavy atom. The van der Waals surface area contributed by atoms with Gasteiger partial charge in [0.15, 0.2) is 23.3 Å². The molecular weight excluding hydrogens is 240 g/mol. The molecule has 0 aliphatic rings. The van der Waals surface area contributed by atoms with Crippen LogP contribution in [0.15, 0.2) is 6.07 Å². The predicted molar refractivity (Wildman–Crippen MR) is 67.9 cm³/mol. The molecular formula is C12H19F2N3O. The van der Waals surface area contributed by atoms with Gasteiger partial charge in [0.05, 0.1) is 0 Å². The van der Waals surface area contributed by atoms with E-state index in [1.807, 2.05) is 13.8 Å². The minimum atomic E-state index is -0.696. The zero-order valence-corrected chi connectivity index (χ0v) is 10.9. The molecule has 1 aromatic heterocycles. The summed E-state index contributed by atoms with van der Waals surface area (Å²) in [5.74, 6) is -1.28. The third kappa shape index (κ3) is 4.10. The number of halogens is 2. The third-order valence-electron chi connectivity index (χ3n) is 2.41. The summed E-state index contributed by atoms with van der Waals surface area (Å²) in [5.41, 5.74) is 0. The van der Waals surface area contributed by atoms with Gasteiger partial charge < -0.3 is 15.4 Å². The molecule has 0 saturated carbocycles. The lowest BCUT2D eigenvalue weighted by molar-refractivity contribution is 0.191. The molecule has 1 rings (SSSR count). The normalized spacial score (nSPS) is 12.3. The smallest absolute Gasteiger partial charge is 0.168 e. The van der Waals surface area contributed by atoms with Crippen LogP contribution in [0.2, 0.25) is 0 Å². The largest absolute Gasteiger partial charge is 0.385 e. The monoisotopic (exact) mass is 259 g/mol. The van der Waals surface area contributed by atoms with E-state index < -0.39 is 11.6 Å². The van der Waals surface area contributed by atoms with E-state index in [2.05, 4.69) is 15.6 Å². The topological polar surface area (TPSA) is 46.2 Å². The molecule has 4 nitrogen and oxygen atoms in total. The zero-order valence-electron chi connectivity index (χ0n) is 10.9. The number of pyridine rings is 1. The van der Waals surface area contributed by atoms with E-state index in [1.54, 1.807) is 7.11 Å². The first-order valence-corrected chi connectivity index (χ1v) is 5.93. The SMILES string of the molecule is CCNc1nc(NC(C)CCOC)c(F)cc1F. The van der Waals surface area contributed by atoms with Gasteiger partial charge in [-0.1, -0.05) is 0 Å². The fourth-order valence-electron chi connectivity index (χ4n) is 1.46. The number of aromatic nitrogens is 1. The Kier molecular flexibility index (Phi) is 5.77. The second-order valence-corrected chi connectivity index (χ2v) is 4.01. The standard InChI is InChI=1S/C12H19F2N3O/c1-4-15-11-9(13)7-10(14)12(17-11)16-8(2)5-6-18-3/h7-8H,4-6H2,1-3H3,(H2,15,16,17). The molecule has 0 fully saturated rings. The van der Waals surface area contributed by atoms with Gasteiger partial charge in [-0.2, -0.15) is 0 Å². The van der Waals surface area contributed by atoms with Crippen molar-refractivity contribution in [2.45, 2.75) is 26.3 Å². The predicted octanol–water partition coefficient (Wildman–Crippen LogP) is 2.63. The van der Waals surface area contributed by atoms with Crippen LogP contribution in [-0.4, -0.2) is 31.3 Å². The van der Waals surface area contributed by atoms with Gasteiger partial charge in [-0.25, -0.2) is 13.8 Å². The van der Waals surface area contributed by atoms with Crippen molar-refractivity contribution in [2.24, 2.45) is 0 Å². The lowest BCUT2D eigenvalue weighted by atomic mass is 10.2. The fraction of sp³-hybridized carbons (Fsp3) is 0.583. The first-order valence-electron chi connectivity index (χ1n) is 5.93. The van der Waals surface area contributed by atoms with Gasteiger partial charge >= 0.3 is 0 Å². The van der Waals surface area contributed by atoms with Gasteiger partial charge in [0, 0.05) is 32.4 Å². The van der Waals surface area contributed by atoms with Crippen molar-refractivity contribution in [3.05, 3.63) is 17.7 Å². The maximum atomic E-state index is 13.5. The van der Waals surface area contributed by atoms with Gasteiger partial charge in [0.2, 0.25) is 0 Å². The maximum Gasteiger partial charge on any atom is 0.168 e. The number of hydrogen-bond acceptors (Lipinski definition) is 4. The first kappa shape index (κ1) is 14.6. The van der Waals surface area contributed by atoms with Gasteiger partial charge in [0.25, 0.3) is 0 Å². The number of nitrogens with one attached hydrogen (secondary N) is 2. The van der Waals surface area contributed by atoms with Crippen molar-refractivity contribution in [1.29, 1.82) is 0 Å². The third-order valence-corrected chi connectivity index (χ3v) is 2.41. The summed E-state index contributed by atoms with van der Waals surface area (Å²) < 4.78 is 31.8. The summed E-state index contributed by atoms with van der Waals surface area (Å²) in [6, 6.07) is 0.822. The lowest BCUT2D eigenvalue weighted by Gasteiger charge is -2.15. The van der Waals surface area contributed by atoms with Crippen LogP contribution >= 0.6 is 0 Å². The van der Waals surface area contributed by atoms with Gasteiger partial charge in [-0.05, 0) is 20.3 Å². The number of nitrogens with zero attached hydrogens (tertiary/aromatic N) is 1. The van der Waals surface area contributed by atoms with E-state index in [0.717, 1.165) is 6.07 Å². The van der Waals surface area contributed by atoms with Crippen LogP contribution < -0.4 is 10.6 Å². The van der Waals surface area contributed by atoms with E-state index >= 15 is 0 Å². The molecule has 1 unspecified atom stereocenters. The Morgan fingerprint density at radius 3 is 2.61 bits per heavy atom. The highest BCUT2D eigenvalue weighted by Gasteiger charge is 2.13. The van der Waals surface area contributed by atoms with Crippen LogP contribution in [0.1, 0.15) is 20.3 Å². The molecule has 0 saturated heterocycles. The van der Waals surface area contributed by atoms with Crippen molar-refractivity contribution in [2.75, 3.05) is 30.9 Å². The van der Waals surface area contributed by atoms with Crippen molar-refractivity contribution in [3.8, 4) is 0 Å². The molecule has 0 aliphatic heterocycles. The summed E-state index contributed by atoms with van der Waals surface area (Å²) in [6.45, 7) is 4.79. The number of ether oxygens (including phenoxy) is 1. The number of anilines is 2. The van der Waals surface area contributed by atoms with Gasteiger partial charge in [-0.15, -0.1) is 0 Å². The minimum Gasteiger partial charge on any atom is -0.385 e. The summed E-state index contributed by atoms with van der Waals surface area (Å²) in [7, 11) is 1.60. The highest BCUT2D eigenvalue weighted by molar-refractivity contribution is 5.47. The minimum absolute atomic E-state index is 0.00751. The Morgan fingerprint density at radius 1 is 1.33 bits per heavy atom. The average Bonchev–Trinajstić information content (AvgIpc) is 2.33. The Labute approximate surface area is 106 Å². The molecule has 0 bridgehead atoms. The second kappa shape index (κ2) is 7.10. The molecule has 102 valence electrons. The Bertz CT molecular complexity index is 388. The molecule has 1 heterocycles. The van der Waals surface area contributed by atoms with Crippen molar-refractivity contribution >= 4 is 11.6 Å². The highest BCUT2D eigenvalue weighted by Crippen LogP contribution is 2.19. The quantitative estimate of drug-likeness (QED) is 0.790. The molecule has 2 N–H and O–H groups in total. The molecule has 1 atom stereocenters. The maximum absolute atomic E-state index is 13.5. The second-order valence-electron chi connectivity index (χ2n) is 4.01. The van der Waals surface area contributed by atoms with Crippen molar-refractivity contribution in [1.82, 2.24) is 4.98 Å². The van der Waals surface area contributed by atoms with E-state index in [9.17, 15) is 8.78 Å². The molecule has 0 amide bonds. The summed E-state index contributed by atoms with van der Waals surface area (Å²) in [5, 5.41) is 5.64. The Balaban J connectivity index is 2.78. The van der Waals surface area contributed by atoms with Crippen molar-refractivity contribution < 1.29 is 13.5 Å². The summed E-state index contributed by atoms with van der Waals surface area (Å²) in [6.07, 6.45) is 0.714. The van der Waals surface area contributed by atoms with Crippen LogP contribution in [-0.2, 0) is 4.74 Å². The first-order chi connectivity index (χ1) is 8.58. The molecule has 0 aliphatic carbocycles. The average molecular weight is 259 g/mol. The number of methoxy groups -OCH3 is 1. The summed E-state index contributed by atoms with van der Waals surface area (Å²) >= 11 is 0. The van der Waals surface area contributed by atoms with E-state index in [0.29, 0.717) is 19.6 Å². The van der Waals surface area contributed by atoms with Crippen LogP contribution in [0.4, 0.5) is 20.4 Å². The molecule has 0 radical (unpaired) electrons. The number of rotatable bonds is 7. The Hall–Kier alpha value is -1.43. The summed E-state index contributed by atoms with van der Waals surface area (Å²) in [4.78, 5) is 3.90. The van der Waals surface area contributed by atoms with Crippen LogP contribution in [0.5, 0.6) is 0 Å². The molecule has 1 aromatic rings. The molecule has 6 heteroatoms. The van der Waals surface area contributed by atoms with Gasteiger partial charge in [0.1, 0.15) is 0 Å². The van der Waals surface area contributed by atoms with Crippen LogP contribution in [0.25, 0.3) is 0 Å². The molecule has 0 aromatic carbocycles.